The van der Waals surface area contributed by atoms with Crippen molar-refractivity contribution in [1.82, 2.24) is 26.6 Å². The van der Waals surface area contributed by atoms with Crippen molar-refractivity contribution in [2.45, 2.75) is 218 Å². The quantitative estimate of drug-likeness (QED) is 0.0381. The zero-order valence-electron chi connectivity index (χ0n) is 50.8. The third kappa shape index (κ3) is 47.2. The van der Waals surface area contributed by atoms with Gasteiger partial charge < -0.3 is 70.9 Å². The Balaban J connectivity index is 0. The summed E-state index contributed by atoms with van der Waals surface area (Å²) >= 11 is 0. The number of hydrogen-bond acceptors (Lipinski definition) is 18. The van der Waals surface area contributed by atoms with E-state index >= 15 is 0 Å². The van der Waals surface area contributed by atoms with E-state index in [-0.39, 0.29) is 143 Å². The summed E-state index contributed by atoms with van der Waals surface area (Å²) < 4.78 is 21.4. The van der Waals surface area contributed by atoms with Crippen LogP contribution in [-0.2, 0) is 76.5 Å². The Morgan fingerprint density at radius 1 is 0.407 bits per heavy atom. The van der Waals surface area contributed by atoms with Crippen LogP contribution in [0.15, 0.2) is 0 Å². The van der Waals surface area contributed by atoms with Crippen LogP contribution < -0.4 is 26.6 Å². The number of hydrogen-bond donors (Lipinski definition) is 11. The molecule has 0 spiro atoms. The van der Waals surface area contributed by atoms with Crippen molar-refractivity contribution in [2.75, 3.05) is 72.5 Å². The van der Waals surface area contributed by atoms with Crippen LogP contribution in [0.2, 0.25) is 0 Å². The van der Waals surface area contributed by atoms with Gasteiger partial charge in [0.1, 0.15) is 42.9 Å². The first-order valence-electron chi connectivity index (χ1n) is 30.6. The summed E-state index contributed by atoms with van der Waals surface area (Å²) in [6, 6.07) is -3.90. The van der Waals surface area contributed by atoms with E-state index in [2.05, 4.69) is 26.6 Å². The average Bonchev–Trinajstić information content (AvgIpc) is 3.56. The molecule has 4 amide bonds. The molecule has 0 aromatic heterocycles. The second-order valence-electron chi connectivity index (χ2n) is 21.6. The molecule has 0 saturated carbocycles. The molecule has 0 aliphatic carbocycles. The van der Waals surface area contributed by atoms with Crippen molar-refractivity contribution >= 4 is 70.8 Å². The number of carbonyl (C=O) groups is 12. The number of Topliss-reactive ketones (excluding diaryl/α,β-unsaturated/α-hetero) is 3. The number of aliphatic hydroxyl groups excluding tert-OH is 1. The molecule has 0 heterocycles. The van der Waals surface area contributed by atoms with Gasteiger partial charge in [0.15, 0.2) is 5.78 Å². The monoisotopic (exact) mass is 1230 g/mol. The zero-order chi connectivity index (χ0) is 64.3. The normalized spacial score (nSPS) is 13.3. The Bertz CT molecular complexity index is 2020. The minimum atomic E-state index is -1.33. The van der Waals surface area contributed by atoms with Gasteiger partial charge in [-0.2, -0.15) is 0 Å². The molecule has 27 nitrogen and oxygen atoms in total. The van der Waals surface area contributed by atoms with Crippen molar-refractivity contribution in [2.24, 2.45) is 11.8 Å². The summed E-state index contributed by atoms with van der Waals surface area (Å²) in [4.78, 5) is 144. The summed E-state index contributed by atoms with van der Waals surface area (Å²) in [7, 11) is 0. The molecule has 496 valence electrons. The average molecular weight is 1230 g/mol. The van der Waals surface area contributed by atoms with Crippen LogP contribution in [-0.4, -0.2) is 198 Å². The maximum Gasteiger partial charge on any atom is 0.326 e. The van der Waals surface area contributed by atoms with E-state index in [4.69, 9.17) is 29.2 Å². The molecule has 0 rings (SSSR count). The third-order valence-electron chi connectivity index (χ3n) is 14.0. The molecule has 0 unspecified atom stereocenters. The SMILES string of the molecule is C[C@@H](CCCCNC(=O)CC[C@H](NC(=O)COCCOCCCC(=O)COCCOCCNC(=O)CC[C@H](CC(=O)CC[C@H](NC(=O)CCCCCCCCCCCCCCCCC(=O)O)C(=O)O)C(=O)O)C(=O)O)C(=O)CN[C@H](C(=O)O)[C@@H](C)O.[HH]. The lowest BCUT2D eigenvalue weighted by molar-refractivity contribution is -0.145. The standard InChI is InChI=1S/C59H101N5O22.H2/c1-42(49(68)39-62-55(43(2)65)59(81)82)20-17-18-30-60-51(70)29-27-48(58(79)80)64-53(72)41-86-37-34-83-32-19-21-46(67)40-85-36-35-84-33-31-61-50(69)28-24-44(56(75)76)38-45(66)25-26-47(57(77)78)63-52(71)22-15-13-11-9-7-5-3-4-6-8-10-12-14-16-23-54(73)74;/h42-44,47-48,55,62,65H,3-41H2,1-2H3,(H,60,70)(H,61,69)(H,63,71)(H,64,72)(H,73,74)(H,75,76)(H,77,78)(H,79,80)(H,81,82);1H/t42-,43+,44+,47-,48-,55-;/m0./s1. The summed E-state index contributed by atoms with van der Waals surface area (Å²) in [5.41, 5.74) is 0. The topological polar surface area (TPSA) is 423 Å². The van der Waals surface area contributed by atoms with Crippen LogP contribution in [0.5, 0.6) is 0 Å². The van der Waals surface area contributed by atoms with Crippen LogP contribution in [0.25, 0.3) is 0 Å². The van der Waals surface area contributed by atoms with Gasteiger partial charge in [-0.1, -0.05) is 90.4 Å². The summed E-state index contributed by atoms with van der Waals surface area (Å²) in [5.74, 6) is -10.3. The second kappa shape index (κ2) is 52.2. The van der Waals surface area contributed by atoms with E-state index in [0.717, 1.165) is 57.8 Å². The Labute approximate surface area is 506 Å². The zero-order valence-corrected chi connectivity index (χ0v) is 50.8. The highest BCUT2D eigenvalue weighted by Gasteiger charge is 2.27. The molecule has 6 atom stereocenters. The molecule has 0 aromatic rings. The fourth-order valence-electron chi connectivity index (χ4n) is 8.76. The maximum absolute atomic E-state index is 12.7. The number of rotatable bonds is 61. The highest BCUT2D eigenvalue weighted by Crippen LogP contribution is 2.17. The van der Waals surface area contributed by atoms with Crippen molar-refractivity contribution in [3.8, 4) is 0 Å². The molecule has 0 aliphatic rings. The number of ketones is 3. The minimum absolute atomic E-state index is 0. The summed E-state index contributed by atoms with van der Waals surface area (Å²) in [5, 5.41) is 68.7. The van der Waals surface area contributed by atoms with E-state index in [1.807, 2.05) is 0 Å². The predicted octanol–water partition coefficient (Wildman–Crippen LogP) is 4.15. The molecular weight excluding hydrogens is 1130 g/mol. The third-order valence-corrected chi connectivity index (χ3v) is 14.0. The van der Waals surface area contributed by atoms with Crippen molar-refractivity contribution in [1.29, 1.82) is 0 Å². The Morgan fingerprint density at radius 3 is 1.43 bits per heavy atom. The van der Waals surface area contributed by atoms with Gasteiger partial charge in [0, 0.05) is 72.0 Å². The largest absolute Gasteiger partial charge is 0.481 e. The van der Waals surface area contributed by atoms with E-state index in [0.29, 0.717) is 32.1 Å². The molecule has 86 heavy (non-hydrogen) atoms. The van der Waals surface area contributed by atoms with Crippen LogP contribution in [0, 0.1) is 11.8 Å². The first-order chi connectivity index (χ1) is 41.0. The highest BCUT2D eigenvalue weighted by molar-refractivity contribution is 5.87. The number of carboxylic acids is 5. The van der Waals surface area contributed by atoms with Gasteiger partial charge in [-0.05, 0) is 58.3 Å². The number of aliphatic hydroxyl groups is 1. The number of amides is 4. The van der Waals surface area contributed by atoms with Gasteiger partial charge in [0.2, 0.25) is 23.6 Å². The molecule has 0 bridgehead atoms. The van der Waals surface area contributed by atoms with Gasteiger partial charge in [0.05, 0.1) is 51.6 Å². The summed E-state index contributed by atoms with van der Waals surface area (Å²) in [6.07, 6.45) is 14.3. The lowest BCUT2D eigenvalue weighted by Crippen LogP contribution is -2.47. The maximum atomic E-state index is 12.7. The number of nitrogens with one attached hydrogen (secondary N) is 5. The highest BCUT2D eigenvalue weighted by atomic mass is 16.5. The van der Waals surface area contributed by atoms with E-state index < -0.39 is 102 Å². The first-order valence-corrected chi connectivity index (χ1v) is 30.6. The lowest BCUT2D eigenvalue weighted by atomic mass is 9.94. The second-order valence-corrected chi connectivity index (χ2v) is 21.6. The molecule has 0 aromatic carbocycles. The molecule has 0 aliphatic heterocycles. The van der Waals surface area contributed by atoms with Crippen LogP contribution in [0.3, 0.4) is 0 Å². The Kier molecular flexibility index (Phi) is 48.5. The van der Waals surface area contributed by atoms with Gasteiger partial charge in [-0.15, -0.1) is 0 Å². The van der Waals surface area contributed by atoms with Gasteiger partial charge in [-0.25, -0.2) is 9.59 Å². The predicted molar refractivity (Wildman–Crippen MR) is 314 cm³/mol. The fraction of sp³-hybridized carbons (Fsp3) is 0.797. The lowest BCUT2D eigenvalue weighted by Gasteiger charge is -2.18. The molecule has 0 radical (unpaired) electrons. The number of ether oxygens (including phenoxy) is 4. The number of carbonyl (C=O) groups excluding carboxylic acids is 7. The van der Waals surface area contributed by atoms with Crippen LogP contribution in [0.1, 0.15) is 195 Å². The molecule has 0 saturated heterocycles. The summed E-state index contributed by atoms with van der Waals surface area (Å²) in [6.45, 7) is 3.24. The van der Waals surface area contributed by atoms with Crippen molar-refractivity contribution < 1.29 is 109 Å². The minimum Gasteiger partial charge on any atom is -0.481 e. The molecule has 27 heteroatoms. The number of unbranched alkanes of at least 4 members (excludes halogenated alkanes) is 14. The van der Waals surface area contributed by atoms with Crippen LogP contribution in [0.4, 0.5) is 0 Å². The Hall–Kier alpha value is -6.00. The number of aliphatic carboxylic acids is 5. The molecule has 11 N–H and O–H groups in total. The van der Waals surface area contributed by atoms with Gasteiger partial charge in [-0.3, -0.25) is 53.3 Å². The number of carboxylic acid groups (broad SMARTS) is 5. The van der Waals surface area contributed by atoms with Gasteiger partial charge in [0.25, 0.3) is 0 Å². The van der Waals surface area contributed by atoms with E-state index in [1.54, 1.807) is 6.92 Å². The van der Waals surface area contributed by atoms with Crippen LogP contribution >= 0.6 is 0 Å². The smallest absolute Gasteiger partial charge is 0.326 e. The van der Waals surface area contributed by atoms with Crippen molar-refractivity contribution in [3.63, 3.8) is 0 Å². The fourth-order valence-corrected chi connectivity index (χ4v) is 8.76. The van der Waals surface area contributed by atoms with Gasteiger partial charge >= 0.3 is 29.8 Å². The first kappa shape index (κ1) is 80.0. The Morgan fingerprint density at radius 2 is 0.895 bits per heavy atom. The molecular formula is C59H103N5O22. The van der Waals surface area contributed by atoms with E-state index in [1.165, 1.54) is 32.6 Å². The van der Waals surface area contributed by atoms with E-state index in [9.17, 15) is 78.0 Å². The molecule has 0 fully saturated rings. The van der Waals surface area contributed by atoms with Crippen molar-refractivity contribution in [3.05, 3.63) is 0 Å².